The van der Waals surface area contributed by atoms with Crippen molar-refractivity contribution >= 4 is 16.9 Å². The van der Waals surface area contributed by atoms with Crippen molar-refractivity contribution < 1.29 is 18.3 Å². The molecule has 1 saturated heterocycles. The molecule has 0 spiro atoms. The van der Waals surface area contributed by atoms with Crippen LogP contribution in [0.4, 0.5) is 8.78 Å². The van der Waals surface area contributed by atoms with Gasteiger partial charge in [0.1, 0.15) is 17.5 Å². The number of imidazole rings is 1. The van der Waals surface area contributed by atoms with Crippen LogP contribution in [0.3, 0.4) is 0 Å². The summed E-state index contributed by atoms with van der Waals surface area (Å²) < 4.78 is 34.5. The number of carbonyl (C=O) groups excluding carboxylic acids is 1. The van der Waals surface area contributed by atoms with Gasteiger partial charge in [0, 0.05) is 24.8 Å². The fourth-order valence-corrected chi connectivity index (χ4v) is 3.42. The number of ether oxygens (including phenoxy) is 1. The quantitative estimate of drug-likeness (QED) is 0.763. The first kappa shape index (κ1) is 17.6. The predicted molar refractivity (Wildman–Crippen MR) is 97.0 cm³/mol. The van der Waals surface area contributed by atoms with Crippen molar-refractivity contribution in [3.8, 4) is 5.69 Å². The number of fused-ring (bicyclic) bond motifs is 1. The molecule has 1 fully saturated rings. The van der Waals surface area contributed by atoms with Gasteiger partial charge < -0.3 is 10.1 Å². The normalized spacial score (nSPS) is 16.8. The SMILES string of the molecule is Cc1nc2cc(C(=O)NCC3CCCO3)ccc2n1-c1ccc(F)cc1F. The smallest absolute Gasteiger partial charge is 0.251 e. The van der Waals surface area contributed by atoms with Crippen LogP contribution in [0, 0.1) is 18.6 Å². The lowest BCUT2D eigenvalue weighted by atomic mass is 10.1. The Morgan fingerprint density at radius 2 is 2.15 bits per heavy atom. The van der Waals surface area contributed by atoms with Crippen LogP contribution in [0.25, 0.3) is 16.7 Å². The van der Waals surface area contributed by atoms with E-state index in [1.807, 2.05) is 0 Å². The fourth-order valence-electron chi connectivity index (χ4n) is 3.42. The van der Waals surface area contributed by atoms with Crippen molar-refractivity contribution in [2.75, 3.05) is 13.2 Å². The molecule has 1 aliphatic rings. The molecule has 2 aromatic carbocycles. The molecule has 1 unspecified atom stereocenters. The van der Waals surface area contributed by atoms with E-state index in [1.165, 1.54) is 12.1 Å². The average molecular weight is 371 g/mol. The highest BCUT2D eigenvalue weighted by atomic mass is 19.1. The molecule has 27 heavy (non-hydrogen) atoms. The second-order valence-electron chi connectivity index (χ2n) is 6.64. The Balaban J connectivity index is 1.63. The average Bonchev–Trinajstić information content (AvgIpc) is 3.26. The first-order valence-corrected chi connectivity index (χ1v) is 8.87. The summed E-state index contributed by atoms with van der Waals surface area (Å²) in [7, 11) is 0. The van der Waals surface area contributed by atoms with Crippen LogP contribution in [0.2, 0.25) is 0 Å². The van der Waals surface area contributed by atoms with Crippen LogP contribution in [-0.4, -0.2) is 34.7 Å². The van der Waals surface area contributed by atoms with Crippen molar-refractivity contribution in [3.05, 3.63) is 59.4 Å². The van der Waals surface area contributed by atoms with E-state index in [0.717, 1.165) is 25.5 Å². The monoisotopic (exact) mass is 371 g/mol. The van der Waals surface area contributed by atoms with E-state index in [9.17, 15) is 13.6 Å². The second kappa shape index (κ2) is 7.08. The van der Waals surface area contributed by atoms with Gasteiger partial charge in [-0.25, -0.2) is 13.8 Å². The minimum atomic E-state index is -0.671. The maximum atomic E-state index is 14.2. The number of nitrogens with one attached hydrogen (secondary N) is 1. The van der Waals surface area contributed by atoms with Crippen molar-refractivity contribution in [3.63, 3.8) is 0 Å². The van der Waals surface area contributed by atoms with E-state index in [4.69, 9.17) is 4.74 Å². The zero-order valence-corrected chi connectivity index (χ0v) is 14.8. The summed E-state index contributed by atoms with van der Waals surface area (Å²) >= 11 is 0. The molecular formula is C20H19F2N3O2. The molecule has 5 nitrogen and oxygen atoms in total. The first-order valence-electron chi connectivity index (χ1n) is 8.87. The van der Waals surface area contributed by atoms with Crippen molar-refractivity contribution in [2.24, 2.45) is 0 Å². The number of halogens is 2. The number of rotatable bonds is 4. The standard InChI is InChI=1S/C20H19F2N3O2/c1-12-24-17-9-13(20(26)23-11-15-3-2-8-27-15)4-6-19(17)25(12)18-7-5-14(21)10-16(18)22/h4-7,9-10,15H,2-3,8,11H2,1H3,(H,23,26). The summed E-state index contributed by atoms with van der Waals surface area (Å²) in [6, 6.07) is 8.49. The molecule has 0 aliphatic carbocycles. The lowest BCUT2D eigenvalue weighted by Crippen LogP contribution is -2.31. The van der Waals surface area contributed by atoms with Crippen molar-refractivity contribution in [1.29, 1.82) is 0 Å². The number of benzene rings is 2. The van der Waals surface area contributed by atoms with Gasteiger partial charge in [0.15, 0.2) is 0 Å². The number of hydrogen-bond donors (Lipinski definition) is 1. The van der Waals surface area contributed by atoms with Crippen LogP contribution >= 0.6 is 0 Å². The van der Waals surface area contributed by atoms with E-state index in [-0.39, 0.29) is 17.7 Å². The van der Waals surface area contributed by atoms with Gasteiger partial charge in [-0.1, -0.05) is 0 Å². The minimum Gasteiger partial charge on any atom is -0.376 e. The third kappa shape index (κ3) is 3.42. The molecule has 2 heterocycles. The molecule has 0 saturated carbocycles. The molecular weight excluding hydrogens is 352 g/mol. The summed E-state index contributed by atoms with van der Waals surface area (Å²) in [6.45, 7) is 2.95. The summed E-state index contributed by atoms with van der Waals surface area (Å²) in [5.74, 6) is -0.959. The number of amides is 1. The van der Waals surface area contributed by atoms with E-state index in [0.29, 0.717) is 29.0 Å². The Morgan fingerprint density at radius 1 is 1.30 bits per heavy atom. The maximum absolute atomic E-state index is 14.2. The maximum Gasteiger partial charge on any atom is 0.251 e. The Morgan fingerprint density at radius 3 is 2.89 bits per heavy atom. The van der Waals surface area contributed by atoms with E-state index >= 15 is 0 Å². The Bertz CT molecular complexity index is 1010. The van der Waals surface area contributed by atoms with Gasteiger partial charge in [-0.2, -0.15) is 0 Å². The molecule has 0 bridgehead atoms. The van der Waals surface area contributed by atoms with Gasteiger partial charge in [-0.15, -0.1) is 0 Å². The summed E-state index contributed by atoms with van der Waals surface area (Å²) in [5.41, 5.74) is 1.91. The second-order valence-corrected chi connectivity index (χ2v) is 6.64. The van der Waals surface area contributed by atoms with Crippen LogP contribution in [0.15, 0.2) is 36.4 Å². The molecule has 1 atom stereocenters. The molecule has 140 valence electrons. The number of aryl methyl sites for hydroxylation is 1. The highest BCUT2D eigenvalue weighted by Gasteiger charge is 2.18. The Labute approximate surface area is 155 Å². The fraction of sp³-hybridized carbons (Fsp3) is 0.300. The van der Waals surface area contributed by atoms with Crippen LogP contribution in [0.1, 0.15) is 29.0 Å². The van der Waals surface area contributed by atoms with Gasteiger partial charge in [0.25, 0.3) is 5.91 Å². The third-order valence-corrected chi connectivity index (χ3v) is 4.75. The van der Waals surface area contributed by atoms with Crippen molar-refractivity contribution in [1.82, 2.24) is 14.9 Å². The molecule has 0 radical (unpaired) electrons. The molecule has 1 N–H and O–H groups in total. The van der Waals surface area contributed by atoms with Crippen LogP contribution in [0.5, 0.6) is 0 Å². The zero-order valence-electron chi connectivity index (χ0n) is 14.8. The van der Waals surface area contributed by atoms with Crippen LogP contribution < -0.4 is 5.32 Å². The molecule has 1 amide bonds. The molecule has 1 aromatic heterocycles. The Hall–Kier alpha value is -2.80. The predicted octanol–water partition coefficient (Wildman–Crippen LogP) is 3.52. The van der Waals surface area contributed by atoms with Crippen molar-refractivity contribution in [2.45, 2.75) is 25.9 Å². The van der Waals surface area contributed by atoms with Gasteiger partial charge in [-0.3, -0.25) is 9.36 Å². The number of carbonyl (C=O) groups is 1. The number of aromatic nitrogens is 2. The van der Waals surface area contributed by atoms with Gasteiger partial charge >= 0.3 is 0 Å². The summed E-state index contributed by atoms with van der Waals surface area (Å²) in [6.07, 6.45) is 2.04. The highest BCUT2D eigenvalue weighted by molar-refractivity contribution is 5.97. The summed E-state index contributed by atoms with van der Waals surface area (Å²) in [5, 5.41) is 2.87. The zero-order chi connectivity index (χ0) is 19.0. The minimum absolute atomic E-state index is 0.0700. The summed E-state index contributed by atoms with van der Waals surface area (Å²) in [4.78, 5) is 16.8. The van der Waals surface area contributed by atoms with Gasteiger partial charge in [0.05, 0.1) is 22.8 Å². The molecule has 4 rings (SSSR count). The largest absolute Gasteiger partial charge is 0.376 e. The lowest BCUT2D eigenvalue weighted by Gasteiger charge is -2.11. The van der Waals surface area contributed by atoms with E-state index in [2.05, 4.69) is 10.3 Å². The molecule has 7 heteroatoms. The Kier molecular flexibility index (Phi) is 4.61. The number of nitrogens with zero attached hydrogens (tertiary/aromatic N) is 2. The molecule has 1 aliphatic heterocycles. The highest BCUT2D eigenvalue weighted by Crippen LogP contribution is 2.24. The number of hydrogen-bond acceptors (Lipinski definition) is 3. The van der Waals surface area contributed by atoms with Gasteiger partial charge in [-0.05, 0) is 50.1 Å². The first-order chi connectivity index (χ1) is 13.0. The van der Waals surface area contributed by atoms with Gasteiger partial charge in [0.2, 0.25) is 0 Å². The van der Waals surface area contributed by atoms with E-state index in [1.54, 1.807) is 29.7 Å². The van der Waals surface area contributed by atoms with E-state index < -0.39 is 11.6 Å². The lowest BCUT2D eigenvalue weighted by molar-refractivity contribution is 0.0858. The topological polar surface area (TPSA) is 56.1 Å². The third-order valence-electron chi connectivity index (χ3n) is 4.75. The van der Waals surface area contributed by atoms with Crippen LogP contribution in [-0.2, 0) is 4.74 Å². The molecule has 3 aromatic rings.